The smallest absolute Gasteiger partial charge is 0.280 e. The molecule has 0 bridgehead atoms. The molecular weight excluding hydrogens is 1700 g/mol. The summed E-state index contributed by atoms with van der Waals surface area (Å²) in [5.41, 5.74) is 13.3. The van der Waals surface area contributed by atoms with Gasteiger partial charge in [-0.15, -0.1) is 0 Å². The second-order valence-corrected chi connectivity index (χ2v) is 42.8. The summed E-state index contributed by atoms with van der Waals surface area (Å²) >= 11 is 0. The monoisotopic (exact) mass is 1830 g/mol. The Hall–Kier alpha value is -12.6. The van der Waals surface area contributed by atoms with E-state index in [0.717, 1.165) is 166 Å². The summed E-state index contributed by atoms with van der Waals surface area (Å²) in [5, 5.41) is 77.1. The Kier molecular flexibility index (Phi) is 28.1. The Morgan fingerprint density at radius 3 is 1.05 bits per heavy atom. The van der Waals surface area contributed by atoms with Crippen LogP contribution < -0.4 is 44.2 Å². The first kappa shape index (κ1) is 99.9. The van der Waals surface area contributed by atoms with Crippen molar-refractivity contribution in [1.82, 2.24) is 0 Å². The zero-order valence-corrected chi connectivity index (χ0v) is 84.0. The van der Waals surface area contributed by atoms with Gasteiger partial charge in [-0.1, -0.05) is 148 Å². The number of nitro groups is 3. The van der Waals surface area contributed by atoms with E-state index >= 15 is 0 Å². The first-order valence-electron chi connectivity index (χ1n) is 47.7. The fourth-order valence-corrected chi connectivity index (χ4v) is 20.6. The van der Waals surface area contributed by atoms with E-state index in [-0.39, 0.29) is 99.9 Å². The number of carbonyl (C=O) groups is 3. The van der Waals surface area contributed by atoms with Crippen LogP contribution in [0.1, 0.15) is 238 Å². The van der Waals surface area contributed by atoms with Gasteiger partial charge in [-0.05, 0) is 186 Å². The topological polar surface area (TPSA) is 296 Å². The molecule has 0 unspecified atom stereocenters. The molecule has 0 spiro atoms. The number of nitro benzene ring substituents is 3. The van der Waals surface area contributed by atoms with Crippen LogP contribution in [0.15, 0.2) is 213 Å². The third-order valence-electron chi connectivity index (χ3n) is 28.7. The molecule has 0 N–H and O–H groups in total. The van der Waals surface area contributed by atoms with Gasteiger partial charge in [0.15, 0.2) is 34.5 Å². The number of ketones is 3. The average molecular weight is 1840 g/mol. The van der Waals surface area contributed by atoms with Gasteiger partial charge < -0.3 is 44.2 Å². The predicted octanol–water partition coefficient (Wildman–Crippen LogP) is 20.6. The molecule has 24 heteroatoms. The van der Waals surface area contributed by atoms with E-state index in [9.17, 15) is 60.0 Å². The molecule has 0 radical (unpaired) electrons. The number of non-ortho nitro benzene ring substituents is 1. The standard InChI is InChI=1S/3C37H45N3O5/c1-22(2)14-16-38-30-12-10-24(40(43)44)18-28(30)36(5,6)32(38)20-26-34(41)27(35(26)42)21-33-37(7,8)29-19-25(45-9)11-13-31(29)39(33)17-15-23(3)4;1-22(2)16-18-38-26-12-10-14-28(40(43)44)32(26)36(5,6)30(38)20-24-34(41)25(35(24)42)21-31-37(7,8)33-27(13-11-15-29(33)45-9)39(31)19-17-23(3)4;1-22(2)15-17-38-28-14-13-24(45-9)19-27(28)36(5,6)31(38)20-25-34(41)26(35(25)42)21-32-37(7,8)33-29(39(32)18-16-23(3)4)11-10-12-30(33)40(43)44/h10-13,18-23H,14-17H2,1-9H3;10-15,20-23H,16-19H2,1-9H3;10-14,19-23H,15-18H2,1-9H3. The van der Waals surface area contributed by atoms with Crippen LogP contribution in [0.4, 0.5) is 51.2 Å². The van der Waals surface area contributed by atoms with Crippen LogP contribution in [0, 0.1) is 65.9 Å². The van der Waals surface area contributed by atoms with E-state index in [2.05, 4.69) is 171 Å². The van der Waals surface area contributed by atoms with Crippen LogP contribution in [0.3, 0.4) is 0 Å². The second kappa shape index (κ2) is 37.9. The first-order chi connectivity index (χ1) is 63.3. The molecule has 24 nitrogen and oxygen atoms in total. The van der Waals surface area contributed by atoms with Gasteiger partial charge in [-0.3, -0.25) is 44.7 Å². The minimum Gasteiger partial charge on any atom is -0.871 e. The molecule has 3 aliphatic carbocycles. The maximum Gasteiger partial charge on any atom is 0.280 e. The van der Waals surface area contributed by atoms with Gasteiger partial charge in [-0.2, -0.15) is 13.7 Å². The van der Waals surface area contributed by atoms with Crippen LogP contribution in [0.2, 0.25) is 0 Å². The lowest BCUT2D eigenvalue weighted by molar-refractivity contribution is -0.440. The number of nitrogens with zero attached hydrogens (tertiary/aromatic N) is 9. The van der Waals surface area contributed by atoms with Gasteiger partial charge in [-0.25, -0.2) is 0 Å². The van der Waals surface area contributed by atoms with Crippen molar-refractivity contribution in [2.24, 2.45) is 35.5 Å². The number of hydrogen-bond donors (Lipinski definition) is 0. The number of fused-ring (bicyclic) bond motifs is 6. The molecule has 0 amide bonds. The zero-order valence-electron chi connectivity index (χ0n) is 84.0. The third-order valence-corrected chi connectivity index (χ3v) is 28.7. The van der Waals surface area contributed by atoms with E-state index in [4.69, 9.17) is 14.2 Å². The maximum atomic E-state index is 13.8. The Morgan fingerprint density at radius 1 is 0.348 bits per heavy atom. The van der Waals surface area contributed by atoms with E-state index in [0.29, 0.717) is 66.3 Å². The molecule has 6 aliphatic heterocycles. The summed E-state index contributed by atoms with van der Waals surface area (Å²) in [6.45, 7) is 54.5. The van der Waals surface area contributed by atoms with Crippen LogP contribution in [0.5, 0.6) is 17.2 Å². The number of anilines is 3. The van der Waals surface area contributed by atoms with Crippen LogP contribution >= 0.6 is 0 Å². The fraction of sp³-hybridized carbons (Fsp3) is 0.459. The normalized spacial score (nSPS) is 20.1. The highest BCUT2D eigenvalue weighted by molar-refractivity contribution is 6.26. The van der Waals surface area contributed by atoms with Gasteiger partial charge in [0.1, 0.15) is 48.0 Å². The summed E-state index contributed by atoms with van der Waals surface area (Å²) in [7, 11) is 4.96. The summed E-state index contributed by atoms with van der Waals surface area (Å²) in [4.78, 5) is 82.6. The Morgan fingerprint density at radius 2 is 0.689 bits per heavy atom. The van der Waals surface area contributed by atoms with Crippen molar-refractivity contribution in [2.75, 3.05) is 75.3 Å². The Balaban J connectivity index is 0.000000171. The molecular formula is C111H135N9O15. The van der Waals surface area contributed by atoms with Gasteiger partial charge >= 0.3 is 0 Å². The van der Waals surface area contributed by atoms with E-state index in [1.165, 1.54) is 18.2 Å². The Bertz CT molecular complexity index is 6310. The highest BCUT2D eigenvalue weighted by Crippen LogP contribution is 2.57. The Labute approximate surface area is 796 Å². The molecule has 6 heterocycles. The molecule has 9 aliphatic rings. The van der Waals surface area contributed by atoms with Crippen molar-refractivity contribution in [2.45, 2.75) is 237 Å². The van der Waals surface area contributed by atoms with E-state index in [1.54, 1.807) is 82.1 Å². The van der Waals surface area contributed by atoms with Crippen molar-refractivity contribution >= 4 is 85.7 Å². The lowest BCUT2D eigenvalue weighted by Crippen LogP contribution is -2.35. The molecule has 135 heavy (non-hydrogen) atoms. The number of allylic oxidation sites excluding steroid dienone is 15. The number of methoxy groups -OCH3 is 3. The van der Waals surface area contributed by atoms with Gasteiger partial charge in [0.05, 0.1) is 52.3 Å². The number of ether oxygens (including phenoxy) is 3. The molecule has 15 rings (SSSR count). The zero-order chi connectivity index (χ0) is 99.0. The fourth-order valence-electron chi connectivity index (χ4n) is 20.6. The van der Waals surface area contributed by atoms with Crippen LogP contribution in [-0.2, 0) is 46.9 Å². The highest BCUT2D eigenvalue weighted by Gasteiger charge is 2.55. The lowest BCUT2D eigenvalue weighted by Gasteiger charge is -2.33. The van der Waals surface area contributed by atoms with Gasteiger partial charge in [0.2, 0.25) is 17.1 Å². The van der Waals surface area contributed by atoms with Crippen molar-refractivity contribution < 1.29 is 72.4 Å². The van der Waals surface area contributed by atoms with Crippen molar-refractivity contribution in [1.29, 1.82) is 0 Å². The van der Waals surface area contributed by atoms with Crippen molar-refractivity contribution in [3.8, 4) is 17.2 Å². The molecule has 0 atom stereocenters. The minimum absolute atomic E-state index is 0.0254. The lowest BCUT2D eigenvalue weighted by atomic mass is 9.77. The molecule has 714 valence electrons. The average Bonchev–Trinajstić information content (AvgIpc) is 1.54. The quantitative estimate of drug-likeness (QED) is 0.0175. The van der Waals surface area contributed by atoms with Crippen molar-refractivity contribution in [3.05, 3.63) is 277 Å². The molecule has 0 saturated carbocycles. The minimum atomic E-state index is -0.781. The predicted molar refractivity (Wildman–Crippen MR) is 529 cm³/mol. The summed E-state index contributed by atoms with van der Waals surface area (Å²) in [6, 6.07) is 33.3. The third kappa shape index (κ3) is 18.2. The molecule has 6 aromatic rings. The van der Waals surface area contributed by atoms with E-state index < -0.39 is 32.5 Å². The second-order valence-electron chi connectivity index (χ2n) is 42.8. The van der Waals surface area contributed by atoms with E-state index in [1.807, 2.05) is 90.1 Å². The SMILES string of the molecule is COc1ccc2c(c1)C(C)(C)C(=CC1=C([O-])C(=CC3=[N+](CCC(C)C)c4cccc([N+](=O)[O-])c4C3(C)C)C1=O)N2CCC(C)C.COc1ccc2c(c1)C(C)(C)C(C=C1C(=O)C(/C=C3\N(CCC(C)C)c4ccc([N+](=O)[O-])cc4C3(C)C)=C1[O-])=[N+]2CCC(C)C.COc1cccc2c1C(C)(C)C(=CC1=C([O-])C(=CC3=[N+](CCC(C)C)c4cccc([N+](=O)[O-])c4C3(C)C)C1=O)N2CCC(C)C. The number of carbonyl (C=O) groups excluding carboxylic acids is 3. The maximum absolute atomic E-state index is 13.8. The molecule has 0 aromatic heterocycles. The van der Waals surface area contributed by atoms with Crippen LogP contribution in [-0.4, -0.2) is 124 Å². The number of benzene rings is 6. The van der Waals surface area contributed by atoms with Crippen LogP contribution in [0.25, 0.3) is 0 Å². The summed E-state index contributed by atoms with van der Waals surface area (Å²) in [5.74, 6) is 3.27. The molecule has 0 fully saturated rings. The van der Waals surface area contributed by atoms with Gasteiger partial charge in [0.25, 0.3) is 17.1 Å². The number of Topliss-reactive ketones (excluding diaryl/α,β-unsaturated/α-hetero) is 3. The summed E-state index contributed by atoms with van der Waals surface area (Å²) < 4.78 is 23.2. The summed E-state index contributed by atoms with van der Waals surface area (Å²) in [6.07, 6.45) is 15.9. The first-order valence-corrected chi connectivity index (χ1v) is 47.7. The molecule has 6 aromatic carbocycles. The molecule has 0 saturated heterocycles. The highest BCUT2D eigenvalue weighted by atomic mass is 16.6. The largest absolute Gasteiger partial charge is 0.871 e. The van der Waals surface area contributed by atoms with Crippen molar-refractivity contribution in [3.63, 3.8) is 0 Å². The number of hydrogen-bond acceptors (Lipinski definition) is 18. The number of rotatable bonds is 30. The van der Waals surface area contributed by atoms with Gasteiger partial charge in [0, 0.05) is 195 Å².